The maximum atomic E-state index is 10.8. The first-order valence-corrected chi connectivity index (χ1v) is 5.47. The van der Waals surface area contributed by atoms with Crippen LogP contribution >= 0.6 is 0 Å². The van der Waals surface area contributed by atoms with Crippen LogP contribution in [0.4, 0.5) is 5.69 Å². The van der Waals surface area contributed by atoms with Gasteiger partial charge in [-0.1, -0.05) is 25.1 Å². The van der Waals surface area contributed by atoms with E-state index in [2.05, 4.69) is 0 Å². The zero-order valence-electron chi connectivity index (χ0n) is 9.77. The average Bonchev–Trinajstić information content (AvgIpc) is 2.27. The summed E-state index contributed by atoms with van der Waals surface area (Å²) < 4.78 is 0. The summed E-state index contributed by atoms with van der Waals surface area (Å²) in [7, 11) is 0. The fourth-order valence-electron chi connectivity index (χ4n) is 1.50. The molecule has 1 aromatic carbocycles. The molecule has 1 atom stereocenters. The first-order chi connectivity index (χ1) is 7.46. The third kappa shape index (κ3) is 3.31. The maximum absolute atomic E-state index is 10.8. The monoisotopic (exact) mass is 222 g/mol. The number of nitro groups is 1. The van der Waals surface area contributed by atoms with Gasteiger partial charge in [-0.05, 0) is 26.2 Å². The van der Waals surface area contributed by atoms with Gasteiger partial charge in [-0.15, -0.1) is 0 Å². The number of hydrogen-bond acceptors (Lipinski definition) is 3. The lowest BCUT2D eigenvalue weighted by atomic mass is 9.91. The Morgan fingerprint density at radius 3 is 2.62 bits per heavy atom. The van der Waals surface area contributed by atoms with E-state index in [4.69, 9.17) is 5.73 Å². The molecular weight excluding hydrogens is 204 g/mol. The van der Waals surface area contributed by atoms with E-state index in [0.717, 1.165) is 18.4 Å². The number of aryl methyl sites for hydroxylation is 1. The largest absolute Gasteiger partial charge is 0.325 e. The number of benzene rings is 1. The van der Waals surface area contributed by atoms with Crippen molar-refractivity contribution in [2.24, 2.45) is 5.73 Å². The maximum Gasteiger partial charge on any atom is 0.272 e. The predicted molar refractivity (Wildman–Crippen MR) is 64.3 cm³/mol. The van der Waals surface area contributed by atoms with Crippen molar-refractivity contribution in [3.05, 3.63) is 39.9 Å². The highest BCUT2D eigenvalue weighted by Crippen LogP contribution is 2.22. The number of para-hydroxylation sites is 1. The number of rotatable bonds is 5. The van der Waals surface area contributed by atoms with Crippen molar-refractivity contribution < 1.29 is 4.92 Å². The number of hydrogen-bond donors (Lipinski definition) is 1. The Morgan fingerprint density at radius 2 is 2.06 bits per heavy atom. The van der Waals surface area contributed by atoms with Crippen molar-refractivity contribution in [3.63, 3.8) is 0 Å². The van der Waals surface area contributed by atoms with Crippen LogP contribution < -0.4 is 5.73 Å². The summed E-state index contributed by atoms with van der Waals surface area (Å²) in [5.41, 5.74) is 6.72. The van der Waals surface area contributed by atoms with Crippen molar-refractivity contribution >= 4 is 5.69 Å². The Hall–Kier alpha value is -1.42. The SMILES string of the molecule is CCC(C)(N)CCc1ccccc1[N+](=O)[O-]. The van der Waals surface area contributed by atoms with Gasteiger partial charge in [0.25, 0.3) is 5.69 Å². The molecule has 0 saturated carbocycles. The van der Waals surface area contributed by atoms with Gasteiger partial charge in [0.05, 0.1) is 4.92 Å². The van der Waals surface area contributed by atoms with E-state index in [1.54, 1.807) is 12.1 Å². The van der Waals surface area contributed by atoms with Crippen LogP contribution in [0.15, 0.2) is 24.3 Å². The Balaban J connectivity index is 2.78. The van der Waals surface area contributed by atoms with Crippen LogP contribution in [0.3, 0.4) is 0 Å². The second-order valence-corrected chi connectivity index (χ2v) is 4.39. The van der Waals surface area contributed by atoms with Crippen molar-refractivity contribution in [3.8, 4) is 0 Å². The molecule has 1 unspecified atom stereocenters. The second kappa shape index (κ2) is 5.07. The lowest BCUT2D eigenvalue weighted by Gasteiger charge is -2.22. The highest BCUT2D eigenvalue weighted by Gasteiger charge is 2.18. The first-order valence-electron chi connectivity index (χ1n) is 5.47. The van der Waals surface area contributed by atoms with Crippen LogP contribution in [0, 0.1) is 10.1 Å². The molecule has 0 fully saturated rings. The molecule has 0 aliphatic carbocycles. The number of nitrogens with two attached hydrogens (primary N) is 1. The Labute approximate surface area is 95.6 Å². The fraction of sp³-hybridized carbons (Fsp3) is 0.500. The molecule has 1 rings (SSSR count). The van der Waals surface area contributed by atoms with E-state index in [9.17, 15) is 10.1 Å². The lowest BCUT2D eigenvalue weighted by molar-refractivity contribution is -0.385. The Bertz CT molecular complexity index is 375. The van der Waals surface area contributed by atoms with Gasteiger partial charge in [0.1, 0.15) is 0 Å². The lowest BCUT2D eigenvalue weighted by Crippen LogP contribution is -2.35. The van der Waals surface area contributed by atoms with Gasteiger partial charge in [0.15, 0.2) is 0 Å². The molecule has 0 aromatic heterocycles. The van der Waals surface area contributed by atoms with Crippen LogP contribution in [0.25, 0.3) is 0 Å². The Kier molecular flexibility index (Phi) is 4.01. The molecular formula is C12H18N2O2. The molecule has 0 saturated heterocycles. The van der Waals surface area contributed by atoms with E-state index < -0.39 is 0 Å². The third-order valence-electron chi connectivity index (χ3n) is 2.96. The van der Waals surface area contributed by atoms with Crippen molar-refractivity contribution in [1.29, 1.82) is 0 Å². The van der Waals surface area contributed by atoms with Gasteiger partial charge in [-0.25, -0.2) is 0 Å². The molecule has 4 nitrogen and oxygen atoms in total. The summed E-state index contributed by atoms with van der Waals surface area (Å²) in [5, 5.41) is 10.8. The van der Waals surface area contributed by atoms with Gasteiger partial charge >= 0.3 is 0 Å². The van der Waals surface area contributed by atoms with Crippen LogP contribution in [-0.2, 0) is 6.42 Å². The molecule has 2 N–H and O–H groups in total. The van der Waals surface area contributed by atoms with E-state index in [0.29, 0.717) is 6.42 Å². The van der Waals surface area contributed by atoms with E-state index >= 15 is 0 Å². The van der Waals surface area contributed by atoms with Gasteiger partial charge < -0.3 is 5.73 Å². The van der Waals surface area contributed by atoms with E-state index in [-0.39, 0.29) is 16.1 Å². The summed E-state index contributed by atoms with van der Waals surface area (Å²) >= 11 is 0. The van der Waals surface area contributed by atoms with Crippen LogP contribution in [0.2, 0.25) is 0 Å². The Morgan fingerprint density at radius 1 is 1.44 bits per heavy atom. The molecule has 0 aliphatic rings. The number of nitrogens with zero attached hydrogens (tertiary/aromatic N) is 1. The molecule has 16 heavy (non-hydrogen) atoms. The molecule has 0 heterocycles. The van der Waals surface area contributed by atoms with Crippen molar-refractivity contribution in [1.82, 2.24) is 0 Å². The normalized spacial score (nSPS) is 14.4. The predicted octanol–water partition coefficient (Wildman–Crippen LogP) is 2.65. The van der Waals surface area contributed by atoms with Gasteiger partial charge in [0.2, 0.25) is 0 Å². The summed E-state index contributed by atoms with van der Waals surface area (Å²) in [5.74, 6) is 0. The summed E-state index contributed by atoms with van der Waals surface area (Å²) in [6, 6.07) is 6.84. The molecule has 1 aromatic rings. The zero-order valence-corrected chi connectivity index (χ0v) is 9.77. The molecule has 0 aliphatic heterocycles. The van der Waals surface area contributed by atoms with Crippen LogP contribution in [0.1, 0.15) is 32.3 Å². The standard InChI is InChI=1S/C12H18N2O2/c1-3-12(2,13)9-8-10-6-4-5-7-11(10)14(15)16/h4-7H,3,8-9,13H2,1-2H3. The van der Waals surface area contributed by atoms with Gasteiger partial charge in [0, 0.05) is 17.2 Å². The molecule has 0 radical (unpaired) electrons. The van der Waals surface area contributed by atoms with Crippen LogP contribution in [0.5, 0.6) is 0 Å². The minimum absolute atomic E-state index is 0.189. The minimum atomic E-state index is -0.338. The molecule has 4 heteroatoms. The van der Waals surface area contributed by atoms with E-state index in [1.807, 2.05) is 19.9 Å². The molecule has 0 bridgehead atoms. The van der Waals surface area contributed by atoms with Gasteiger partial charge in [-0.2, -0.15) is 0 Å². The zero-order chi connectivity index (χ0) is 12.2. The van der Waals surface area contributed by atoms with Crippen LogP contribution in [-0.4, -0.2) is 10.5 Å². The average molecular weight is 222 g/mol. The highest BCUT2D eigenvalue weighted by atomic mass is 16.6. The molecule has 0 spiro atoms. The summed E-state index contributed by atoms with van der Waals surface area (Å²) in [6.07, 6.45) is 2.28. The molecule has 0 amide bonds. The van der Waals surface area contributed by atoms with Crippen molar-refractivity contribution in [2.45, 2.75) is 38.6 Å². The summed E-state index contributed by atoms with van der Waals surface area (Å²) in [4.78, 5) is 10.5. The molecule has 88 valence electrons. The highest BCUT2D eigenvalue weighted by molar-refractivity contribution is 5.39. The van der Waals surface area contributed by atoms with Gasteiger partial charge in [-0.3, -0.25) is 10.1 Å². The smallest absolute Gasteiger partial charge is 0.272 e. The second-order valence-electron chi connectivity index (χ2n) is 4.39. The fourth-order valence-corrected chi connectivity index (χ4v) is 1.50. The third-order valence-corrected chi connectivity index (χ3v) is 2.96. The minimum Gasteiger partial charge on any atom is -0.325 e. The number of nitro benzene ring substituents is 1. The topological polar surface area (TPSA) is 69.2 Å². The van der Waals surface area contributed by atoms with Crippen molar-refractivity contribution in [2.75, 3.05) is 0 Å². The van der Waals surface area contributed by atoms with E-state index in [1.165, 1.54) is 6.07 Å². The quantitative estimate of drug-likeness (QED) is 0.615. The summed E-state index contributed by atoms with van der Waals surface area (Å²) in [6.45, 7) is 4.00. The first kappa shape index (κ1) is 12.6.